The van der Waals surface area contributed by atoms with Crippen LogP contribution in [0.2, 0.25) is 0 Å². The number of methoxy groups -OCH3 is 2. The van der Waals surface area contributed by atoms with Crippen LogP contribution in [0.15, 0.2) is 48.5 Å². The summed E-state index contributed by atoms with van der Waals surface area (Å²) in [5, 5.41) is 5.20. The molecule has 2 aromatic carbocycles. The van der Waals surface area contributed by atoms with Gasteiger partial charge in [-0.3, -0.25) is 14.9 Å². The first-order valence-electron chi connectivity index (χ1n) is 10.6. The number of nitrogens with zero attached hydrogens (tertiary/aromatic N) is 1. The summed E-state index contributed by atoms with van der Waals surface area (Å²) in [5.41, 5.74) is 2.42. The number of hydrogen-bond acceptors (Lipinski definition) is 6. The third-order valence-electron chi connectivity index (χ3n) is 5.38. The number of esters is 1. The second kappa shape index (κ2) is 11.1. The van der Waals surface area contributed by atoms with Crippen LogP contribution in [0.4, 0.5) is 16.2 Å². The first-order valence-corrected chi connectivity index (χ1v) is 10.6. The molecule has 33 heavy (non-hydrogen) atoms. The Morgan fingerprint density at radius 1 is 0.970 bits per heavy atom. The van der Waals surface area contributed by atoms with Crippen LogP contribution in [0.3, 0.4) is 0 Å². The molecule has 1 saturated heterocycles. The molecule has 0 radical (unpaired) electrons. The number of anilines is 2. The van der Waals surface area contributed by atoms with E-state index in [9.17, 15) is 19.2 Å². The number of carbonyl (C=O) groups is 4. The van der Waals surface area contributed by atoms with Crippen molar-refractivity contribution in [1.29, 1.82) is 0 Å². The molecule has 1 atom stereocenters. The Morgan fingerprint density at radius 2 is 1.67 bits per heavy atom. The second-order valence-corrected chi connectivity index (χ2v) is 7.62. The Balaban J connectivity index is 1.66. The number of rotatable bonds is 7. The molecule has 0 bridgehead atoms. The van der Waals surface area contributed by atoms with Gasteiger partial charge in [0.15, 0.2) is 0 Å². The van der Waals surface area contributed by atoms with Crippen molar-refractivity contribution >= 4 is 35.3 Å². The number of piperidine rings is 1. The molecule has 3 amide bonds. The van der Waals surface area contributed by atoms with Gasteiger partial charge in [0.2, 0.25) is 5.91 Å². The fourth-order valence-electron chi connectivity index (χ4n) is 3.58. The van der Waals surface area contributed by atoms with Crippen molar-refractivity contribution in [1.82, 2.24) is 5.32 Å². The summed E-state index contributed by atoms with van der Waals surface area (Å²) in [6.07, 6.45) is 2.06. The first-order chi connectivity index (χ1) is 15.9. The Hall–Kier alpha value is -3.88. The van der Waals surface area contributed by atoms with Crippen molar-refractivity contribution in [3.05, 3.63) is 59.7 Å². The van der Waals surface area contributed by atoms with Gasteiger partial charge in [-0.2, -0.15) is 0 Å². The quantitative estimate of drug-likeness (QED) is 0.623. The predicted molar refractivity (Wildman–Crippen MR) is 122 cm³/mol. The smallest absolute Gasteiger partial charge is 0.411 e. The van der Waals surface area contributed by atoms with E-state index in [-0.39, 0.29) is 12.3 Å². The lowest BCUT2D eigenvalue weighted by Gasteiger charge is -2.27. The molecule has 1 aliphatic rings. The van der Waals surface area contributed by atoms with E-state index in [2.05, 4.69) is 15.4 Å². The van der Waals surface area contributed by atoms with Gasteiger partial charge in [0.05, 0.1) is 14.2 Å². The van der Waals surface area contributed by atoms with Gasteiger partial charge in [0, 0.05) is 36.3 Å². The van der Waals surface area contributed by atoms with Crippen molar-refractivity contribution in [2.24, 2.45) is 0 Å². The molecule has 0 saturated carbocycles. The van der Waals surface area contributed by atoms with Gasteiger partial charge in [-0.15, -0.1) is 0 Å². The maximum absolute atomic E-state index is 12.7. The molecule has 9 nitrogen and oxygen atoms in total. The summed E-state index contributed by atoms with van der Waals surface area (Å²) < 4.78 is 9.39. The molecule has 0 aliphatic carbocycles. The van der Waals surface area contributed by atoms with Crippen molar-refractivity contribution in [3.8, 4) is 0 Å². The van der Waals surface area contributed by atoms with E-state index < -0.39 is 24.0 Å². The van der Waals surface area contributed by atoms with Gasteiger partial charge >= 0.3 is 12.1 Å². The predicted octanol–water partition coefficient (Wildman–Crippen LogP) is 2.90. The Labute approximate surface area is 192 Å². The van der Waals surface area contributed by atoms with Crippen LogP contribution in [0.1, 0.15) is 35.2 Å². The number of benzene rings is 2. The third-order valence-corrected chi connectivity index (χ3v) is 5.38. The second-order valence-electron chi connectivity index (χ2n) is 7.62. The highest BCUT2D eigenvalue weighted by molar-refractivity contribution is 5.97. The summed E-state index contributed by atoms with van der Waals surface area (Å²) in [5.74, 6) is -0.908. The largest absolute Gasteiger partial charge is 0.467 e. The van der Waals surface area contributed by atoms with Crippen LogP contribution in [-0.2, 0) is 25.5 Å². The zero-order valence-corrected chi connectivity index (χ0v) is 18.6. The molecular formula is C24H27N3O6. The van der Waals surface area contributed by atoms with E-state index in [0.29, 0.717) is 24.2 Å². The lowest BCUT2D eigenvalue weighted by Crippen LogP contribution is -2.43. The van der Waals surface area contributed by atoms with E-state index >= 15 is 0 Å². The van der Waals surface area contributed by atoms with Crippen molar-refractivity contribution in [3.63, 3.8) is 0 Å². The Bertz CT molecular complexity index is 1000. The Morgan fingerprint density at radius 3 is 2.27 bits per heavy atom. The average Bonchev–Trinajstić information content (AvgIpc) is 2.84. The van der Waals surface area contributed by atoms with E-state index in [1.807, 2.05) is 24.3 Å². The lowest BCUT2D eigenvalue weighted by molar-refractivity contribution is -0.142. The first kappa shape index (κ1) is 23.8. The summed E-state index contributed by atoms with van der Waals surface area (Å²) in [6.45, 7) is 0.701. The van der Waals surface area contributed by atoms with Crippen LogP contribution in [-0.4, -0.2) is 50.7 Å². The van der Waals surface area contributed by atoms with E-state index in [1.165, 1.54) is 26.4 Å². The molecule has 3 rings (SSSR count). The van der Waals surface area contributed by atoms with E-state index in [1.54, 1.807) is 17.0 Å². The van der Waals surface area contributed by atoms with Crippen LogP contribution in [0, 0.1) is 0 Å². The van der Waals surface area contributed by atoms with Gasteiger partial charge in [-0.1, -0.05) is 12.1 Å². The molecule has 9 heteroatoms. The minimum atomic E-state index is -0.891. The number of carbonyl (C=O) groups excluding carboxylic acids is 4. The fourth-order valence-corrected chi connectivity index (χ4v) is 3.58. The highest BCUT2D eigenvalue weighted by Crippen LogP contribution is 2.22. The number of hydrogen-bond donors (Lipinski definition) is 2. The SMILES string of the molecule is COC(=O)Nc1ccc(C(=O)NC(Cc2ccc(N3CCCCC3=O)cc2)C(=O)OC)cc1. The molecule has 1 aliphatic heterocycles. The topological polar surface area (TPSA) is 114 Å². The number of nitrogens with one attached hydrogen (secondary N) is 2. The van der Waals surface area contributed by atoms with Crippen LogP contribution < -0.4 is 15.5 Å². The number of ether oxygens (including phenoxy) is 2. The summed E-state index contributed by atoms with van der Waals surface area (Å²) in [6, 6.07) is 12.7. The van der Waals surface area contributed by atoms with Crippen molar-refractivity contribution in [2.75, 3.05) is 31.0 Å². The fraction of sp³-hybridized carbons (Fsp3) is 0.333. The molecule has 0 spiro atoms. The summed E-state index contributed by atoms with van der Waals surface area (Å²) in [4.78, 5) is 50.1. The standard InChI is InChI=1S/C24H27N3O6/c1-32-23(30)20(26-22(29)17-8-10-18(11-9-17)25-24(31)33-2)15-16-6-12-19(13-7-16)27-14-4-3-5-21(27)28/h6-13,20H,3-5,14-15H2,1-2H3,(H,25,31)(H,26,29). The van der Waals surface area contributed by atoms with Crippen molar-refractivity contribution < 1.29 is 28.7 Å². The van der Waals surface area contributed by atoms with E-state index in [0.717, 1.165) is 24.1 Å². The van der Waals surface area contributed by atoms with Crippen LogP contribution >= 0.6 is 0 Å². The molecule has 2 aromatic rings. The maximum atomic E-state index is 12.7. The number of amides is 3. The highest BCUT2D eigenvalue weighted by Gasteiger charge is 2.24. The zero-order chi connectivity index (χ0) is 23.8. The molecule has 0 aromatic heterocycles. The summed E-state index contributed by atoms with van der Waals surface area (Å²) in [7, 11) is 2.52. The lowest BCUT2D eigenvalue weighted by atomic mass is 10.0. The molecular weight excluding hydrogens is 426 g/mol. The summed E-state index contributed by atoms with van der Waals surface area (Å²) >= 11 is 0. The van der Waals surface area contributed by atoms with Crippen LogP contribution in [0.25, 0.3) is 0 Å². The van der Waals surface area contributed by atoms with Crippen LogP contribution in [0.5, 0.6) is 0 Å². The highest BCUT2D eigenvalue weighted by atomic mass is 16.5. The molecule has 1 fully saturated rings. The van der Waals surface area contributed by atoms with Gasteiger partial charge < -0.3 is 19.7 Å². The molecule has 2 N–H and O–H groups in total. The molecule has 1 unspecified atom stereocenters. The third kappa shape index (κ3) is 6.31. The monoisotopic (exact) mass is 453 g/mol. The minimum Gasteiger partial charge on any atom is -0.467 e. The maximum Gasteiger partial charge on any atom is 0.411 e. The molecule has 1 heterocycles. The normalized spacial score (nSPS) is 14.2. The van der Waals surface area contributed by atoms with Gasteiger partial charge in [0.1, 0.15) is 6.04 Å². The van der Waals surface area contributed by atoms with Gasteiger partial charge in [0.25, 0.3) is 5.91 Å². The Kier molecular flexibility index (Phi) is 8.01. The van der Waals surface area contributed by atoms with Gasteiger partial charge in [-0.05, 0) is 54.8 Å². The van der Waals surface area contributed by atoms with Crippen molar-refractivity contribution in [2.45, 2.75) is 31.7 Å². The molecule has 174 valence electrons. The van der Waals surface area contributed by atoms with Gasteiger partial charge in [-0.25, -0.2) is 9.59 Å². The zero-order valence-electron chi connectivity index (χ0n) is 18.6. The minimum absolute atomic E-state index is 0.113. The van der Waals surface area contributed by atoms with E-state index in [4.69, 9.17) is 4.74 Å². The average molecular weight is 453 g/mol.